The van der Waals surface area contributed by atoms with Gasteiger partial charge < -0.3 is 20.0 Å². The van der Waals surface area contributed by atoms with Crippen LogP contribution in [0.4, 0.5) is 15.8 Å². The Labute approximate surface area is 140 Å². The number of amides is 1. The van der Waals surface area contributed by atoms with Gasteiger partial charge in [0.1, 0.15) is 17.7 Å². The number of anilines is 2. The minimum absolute atomic E-state index is 0.196. The molecule has 3 aliphatic heterocycles. The van der Waals surface area contributed by atoms with E-state index in [1.165, 1.54) is 0 Å². The Balaban J connectivity index is 1.99. The molecule has 1 aromatic carbocycles. The molecule has 0 spiro atoms. The maximum absolute atomic E-state index is 14.8. The van der Waals surface area contributed by atoms with Crippen LogP contribution in [0.3, 0.4) is 0 Å². The van der Waals surface area contributed by atoms with Crippen molar-refractivity contribution in [3.63, 3.8) is 0 Å². The maximum Gasteiger partial charge on any atom is 0.248 e. The van der Waals surface area contributed by atoms with Gasteiger partial charge in [0.2, 0.25) is 5.91 Å². The molecule has 24 heavy (non-hydrogen) atoms. The summed E-state index contributed by atoms with van der Waals surface area (Å²) in [6, 6.07) is 1.40. The summed E-state index contributed by atoms with van der Waals surface area (Å²) in [6.45, 7) is 7.77. The largest absolute Gasteiger partial charge is 0.341 e. The van der Waals surface area contributed by atoms with E-state index in [9.17, 15) is 9.18 Å². The average Bonchev–Trinajstić information content (AvgIpc) is 2.66. The van der Waals surface area contributed by atoms with E-state index in [-0.39, 0.29) is 11.6 Å². The van der Waals surface area contributed by atoms with Gasteiger partial charge in [0.05, 0.1) is 16.9 Å². The fraction of sp³-hybridized carbons (Fsp3) is 0.412. The first kappa shape index (κ1) is 15.1. The van der Waals surface area contributed by atoms with Crippen LogP contribution in [0.1, 0.15) is 11.1 Å². The van der Waals surface area contributed by atoms with Gasteiger partial charge in [0.25, 0.3) is 0 Å². The predicted molar refractivity (Wildman–Crippen MR) is 91.8 cm³/mol. The van der Waals surface area contributed by atoms with Crippen molar-refractivity contribution in [2.24, 2.45) is 4.99 Å². The van der Waals surface area contributed by atoms with Crippen LogP contribution in [0.15, 0.2) is 23.5 Å². The van der Waals surface area contributed by atoms with Gasteiger partial charge in [-0.05, 0) is 25.6 Å². The fourth-order valence-electron chi connectivity index (χ4n) is 3.59. The zero-order valence-electron chi connectivity index (χ0n) is 14.1. The fourth-order valence-corrected chi connectivity index (χ4v) is 3.59. The third-order valence-electron chi connectivity index (χ3n) is 5.04. The van der Waals surface area contributed by atoms with Gasteiger partial charge in [-0.25, -0.2) is 9.38 Å². The SMILES string of the molecule is C=C1N=C2c3c(cc(C)c(F)c3NC(=O)C3CN(C)CCN23)N1C. The van der Waals surface area contributed by atoms with E-state index in [0.29, 0.717) is 35.9 Å². The van der Waals surface area contributed by atoms with E-state index >= 15 is 0 Å². The minimum Gasteiger partial charge on any atom is -0.341 e. The third kappa shape index (κ3) is 1.97. The monoisotopic (exact) mass is 329 g/mol. The Morgan fingerprint density at radius 3 is 2.88 bits per heavy atom. The molecule has 1 fully saturated rings. The highest BCUT2D eigenvalue weighted by Gasteiger charge is 2.41. The molecule has 0 aliphatic carbocycles. The molecule has 0 aromatic heterocycles. The second kappa shape index (κ2) is 5.04. The van der Waals surface area contributed by atoms with Crippen LogP contribution in [-0.2, 0) is 4.79 Å². The number of aryl methyl sites for hydroxylation is 1. The molecule has 0 radical (unpaired) electrons. The summed E-state index contributed by atoms with van der Waals surface area (Å²) in [5.41, 5.74) is 2.18. The van der Waals surface area contributed by atoms with E-state index in [4.69, 9.17) is 0 Å². The van der Waals surface area contributed by atoms with Gasteiger partial charge in [-0.1, -0.05) is 6.58 Å². The van der Waals surface area contributed by atoms with E-state index in [1.807, 2.05) is 23.9 Å². The number of hydrogen-bond donors (Lipinski definition) is 1. The molecule has 0 saturated carbocycles. The lowest BCUT2D eigenvalue weighted by Crippen LogP contribution is -2.58. The molecule has 6 nitrogen and oxygen atoms in total. The lowest BCUT2D eigenvalue weighted by Gasteiger charge is -2.41. The average molecular weight is 329 g/mol. The first-order valence-electron chi connectivity index (χ1n) is 7.99. The second-order valence-corrected chi connectivity index (χ2v) is 6.65. The highest BCUT2D eigenvalue weighted by molar-refractivity contribution is 6.17. The lowest BCUT2D eigenvalue weighted by atomic mass is 10.0. The molecule has 1 aromatic rings. The first-order chi connectivity index (χ1) is 11.4. The number of carbonyl (C=O) groups excluding carboxylic acids is 1. The molecule has 1 saturated heterocycles. The lowest BCUT2D eigenvalue weighted by molar-refractivity contribution is -0.121. The Morgan fingerprint density at radius 2 is 2.12 bits per heavy atom. The van der Waals surface area contributed by atoms with Gasteiger partial charge in [-0.15, -0.1) is 0 Å². The molecule has 0 bridgehead atoms. The van der Waals surface area contributed by atoms with Gasteiger partial charge in [-0.3, -0.25) is 4.79 Å². The van der Waals surface area contributed by atoms with Crippen LogP contribution in [-0.4, -0.2) is 61.3 Å². The zero-order chi connectivity index (χ0) is 17.2. The van der Waals surface area contributed by atoms with Crippen molar-refractivity contribution in [3.05, 3.63) is 35.4 Å². The van der Waals surface area contributed by atoms with Crippen LogP contribution >= 0.6 is 0 Å². The smallest absolute Gasteiger partial charge is 0.248 e. The molecular formula is C17H20FN5O. The summed E-state index contributed by atoms with van der Waals surface area (Å²) in [5.74, 6) is 0.627. The summed E-state index contributed by atoms with van der Waals surface area (Å²) in [6.07, 6.45) is 0. The second-order valence-electron chi connectivity index (χ2n) is 6.65. The Kier molecular flexibility index (Phi) is 3.18. The van der Waals surface area contributed by atoms with Crippen LogP contribution in [0.5, 0.6) is 0 Å². The Morgan fingerprint density at radius 1 is 1.38 bits per heavy atom. The van der Waals surface area contributed by atoms with E-state index < -0.39 is 11.9 Å². The van der Waals surface area contributed by atoms with Crippen molar-refractivity contribution in [1.82, 2.24) is 9.80 Å². The van der Waals surface area contributed by atoms with Gasteiger partial charge in [0.15, 0.2) is 5.82 Å². The zero-order valence-corrected chi connectivity index (χ0v) is 14.1. The number of likely N-dealkylation sites (N-methyl/N-ethyl adjacent to an activating group) is 1. The number of aliphatic imine (C=N–C) groups is 1. The summed E-state index contributed by atoms with van der Waals surface area (Å²) < 4.78 is 14.8. The quantitative estimate of drug-likeness (QED) is 0.781. The molecular weight excluding hydrogens is 309 g/mol. The summed E-state index contributed by atoms with van der Waals surface area (Å²) >= 11 is 0. The number of benzene rings is 1. The van der Waals surface area contributed by atoms with E-state index in [0.717, 1.165) is 12.2 Å². The highest BCUT2D eigenvalue weighted by Crippen LogP contribution is 2.40. The normalized spacial score (nSPS) is 23.3. The standard InChI is InChI=1S/C17H20FN5O/c1-9-7-11-13-15(14(9)18)20-17(24)12-8-21(3)5-6-23(12)16(13)19-10(2)22(11)4/h7,12H,2,5-6,8H2,1,3-4H3,(H,20,24). The summed E-state index contributed by atoms with van der Waals surface area (Å²) in [4.78, 5) is 23.3. The summed E-state index contributed by atoms with van der Waals surface area (Å²) in [5, 5.41) is 2.81. The number of fused-ring (bicyclic) bond motifs is 2. The van der Waals surface area contributed by atoms with Crippen molar-refractivity contribution in [2.75, 3.05) is 43.9 Å². The number of hydrogen-bond acceptors (Lipinski definition) is 5. The van der Waals surface area contributed by atoms with Gasteiger partial charge in [-0.2, -0.15) is 0 Å². The van der Waals surface area contributed by atoms with Crippen LogP contribution in [0, 0.1) is 12.7 Å². The van der Waals surface area contributed by atoms with E-state index in [1.54, 1.807) is 13.0 Å². The molecule has 4 rings (SSSR count). The van der Waals surface area contributed by atoms with Crippen molar-refractivity contribution in [1.29, 1.82) is 0 Å². The molecule has 3 aliphatic rings. The van der Waals surface area contributed by atoms with Crippen molar-refractivity contribution in [2.45, 2.75) is 13.0 Å². The molecule has 1 atom stereocenters. The molecule has 3 heterocycles. The number of rotatable bonds is 0. The number of nitrogens with zero attached hydrogens (tertiary/aromatic N) is 4. The number of piperazine rings is 1. The van der Waals surface area contributed by atoms with Crippen molar-refractivity contribution >= 4 is 23.1 Å². The van der Waals surface area contributed by atoms with Gasteiger partial charge in [0, 0.05) is 26.7 Å². The number of carbonyl (C=O) groups is 1. The van der Waals surface area contributed by atoms with Crippen molar-refractivity contribution < 1.29 is 9.18 Å². The minimum atomic E-state index is -0.399. The van der Waals surface area contributed by atoms with Crippen LogP contribution in [0.2, 0.25) is 0 Å². The Hall–Kier alpha value is -2.41. The van der Waals surface area contributed by atoms with Gasteiger partial charge >= 0.3 is 0 Å². The van der Waals surface area contributed by atoms with Crippen LogP contribution < -0.4 is 10.2 Å². The molecule has 126 valence electrons. The third-order valence-corrected chi connectivity index (χ3v) is 5.04. The highest BCUT2D eigenvalue weighted by atomic mass is 19.1. The topological polar surface area (TPSA) is 51.2 Å². The molecule has 1 amide bonds. The van der Waals surface area contributed by atoms with E-state index in [2.05, 4.69) is 21.8 Å². The number of amidine groups is 1. The predicted octanol–water partition coefficient (Wildman–Crippen LogP) is 1.37. The van der Waals surface area contributed by atoms with Crippen LogP contribution in [0.25, 0.3) is 0 Å². The maximum atomic E-state index is 14.8. The number of halogens is 1. The molecule has 1 unspecified atom stereocenters. The summed E-state index contributed by atoms with van der Waals surface area (Å²) in [7, 11) is 3.83. The number of nitrogens with one attached hydrogen (secondary N) is 1. The molecule has 1 N–H and O–H groups in total. The van der Waals surface area contributed by atoms with Crippen molar-refractivity contribution in [3.8, 4) is 0 Å². The molecule has 7 heteroatoms. The first-order valence-corrected chi connectivity index (χ1v) is 7.99. The Bertz CT molecular complexity index is 803.